The lowest BCUT2D eigenvalue weighted by molar-refractivity contribution is 0.598. The van der Waals surface area contributed by atoms with Crippen LogP contribution in [0.2, 0.25) is 5.02 Å². The lowest BCUT2D eigenvalue weighted by Gasteiger charge is -2.07. The largest absolute Gasteiger partial charge is 0.454 e. The summed E-state index contributed by atoms with van der Waals surface area (Å²) in [6.07, 6.45) is 0. The van der Waals surface area contributed by atoms with Crippen molar-refractivity contribution in [1.29, 1.82) is 0 Å². The maximum Gasteiger partial charge on any atom is 0.268 e. The van der Waals surface area contributed by atoms with E-state index in [1.807, 2.05) is 0 Å². The number of furan rings is 1. The Labute approximate surface area is 151 Å². The average molecular weight is 393 g/mol. The summed E-state index contributed by atoms with van der Waals surface area (Å²) in [6.45, 7) is 0. The first-order chi connectivity index (χ1) is 12.3. The molecule has 0 fully saturated rings. The van der Waals surface area contributed by atoms with Crippen molar-refractivity contribution in [2.24, 2.45) is 5.14 Å². The zero-order valence-corrected chi connectivity index (χ0v) is 14.5. The standard InChI is InChI=1S/C17H10ClFN2O4S/c18-14-13(8-2-1-3-10(6-8)26(20,23)24)16-15(21-17(14)22)11-7-9(19)4-5-12(11)25-16/h1-7H,(H,21,22)(H2,20,23,24). The van der Waals surface area contributed by atoms with Gasteiger partial charge in [0, 0.05) is 5.39 Å². The molecule has 0 spiro atoms. The van der Waals surface area contributed by atoms with E-state index in [9.17, 15) is 17.6 Å². The van der Waals surface area contributed by atoms with Crippen molar-refractivity contribution in [3.63, 3.8) is 0 Å². The summed E-state index contributed by atoms with van der Waals surface area (Å²) in [6, 6.07) is 9.56. The fraction of sp³-hybridized carbons (Fsp3) is 0. The molecule has 0 bridgehead atoms. The molecule has 2 aromatic heterocycles. The molecule has 0 aliphatic heterocycles. The Bertz CT molecular complexity index is 1360. The van der Waals surface area contributed by atoms with E-state index in [4.69, 9.17) is 21.2 Å². The van der Waals surface area contributed by atoms with Crippen LogP contribution in [-0.2, 0) is 10.0 Å². The van der Waals surface area contributed by atoms with Gasteiger partial charge < -0.3 is 9.40 Å². The second-order valence-corrected chi connectivity index (χ2v) is 7.60. The molecule has 132 valence electrons. The lowest BCUT2D eigenvalue weighted by atomic mass is 10.1. The van der Waals surface area contributed by atoms with Crippen LogP contribution in [0, 0.1) is 5.82 Å². The Kier molecular flexibility index (Phi) is 3.65. The molecule has 0 atom stereocenters. The molecule has 3 N–H and O–H groups in total. The van der Waals surface area contributed by atoms with Crippen molar-refractivity contribution in [2.75, 3.05) is 0 Å². The Hall–Kier alpha value is -2.68. The molecule has 2 heterocycles. The van der Waals surface area contributed by atoms with Gasteiger partial charge in [0.2, 0.25) is 10.0 Å². The molecule has 0 aliphatic rings. The normalized spacial score (nSPS) is 12.1. The number of fused-ring (bicyclic) bond motifs is 3. The van der Waals surface area contributed by atoms with Gasteiger partial charge in [0.25, 0.3) is 5.56 Å². The van der Waals surface area contributed by atoms with Gasteiger partial charge in [-0.3, -0.25) is 4.79 Å². The topological polar surface area (TPSA) is 106 Å². The van der Waals surface area contributed by atoms with E-state index in [1.165, 1.54) is 36.4 Å². The molecule has 0 saturated heterocycles. The van der Waals surface area contributed by atoms with Crippen molar-refractivity contribution in [1.82, 2.24) is 4.98 Å². The smallest absolute Gasteiger partial charge is 0.268 e. The SMILES string of the molecule is NS(=O)(=O)c1cccc(-c2c(Cl)c(=O)[nH]c3c2oc2ccc(F)cc23)c1. The van der Waals surface area contributed by atoms with Gasteiger partial charge in [-0.2, -0.15) is 0 Å². The zero-order chi connectivity index (χ0) is 18.6. The minimum absolute atomic E-state index is 0.137. The molecule has 26 heavy (non-hydrogen) atoms. The van der Waals surface area contributed by atoms with E-state index in [0.29, 0.717) is 16.5 Å². The minimum Gasteiger partial charge on any atom is -0.454 e. The maximum absolute atomic E-state index is 13.6. The van der Waals surface area contributed by atoms with Crippen molar-refractivity contribution < 1.29 is 17.2 Å². The molecule has 2 aromatic carbocycles. The number of benzene rings is 2. The van der Waals surface area contributed by atoms with Crippen molar-refractivity contribution in [2.45, 2.75) is 4.90 Å². The first-order valence-corrected chi connectivity index (χ1v) is 9.25. The lowest BCUT2D eigenvalue weighted by Crippen LogP contribution is -2.12. The highest BCUT2D eigenvalue weighted by Crippen LogP contribution is 2.37. The van der Waals surface area contributed by atoms with Crippen molar-refractivity contribution in [3.05, 3.63) is 63.7 Å². The molecule has 0 saturated carbocycles. The fourth-order valence-electron chi connectivity index (χ4n) is 2.84. The second kappa shape index (κ2) is 5.66. The Morgan fingerprint density at radius 2 is 1.92 bits per heavy atom. The molecule has 0 radical (unpaired) electrons. The van der Waals surface area contributed by atoms with Crippen LogP contribution in [0.4, 0.5) is 4.39 Å². The predicted octanol–water partition coefficient (Wildman–Crippen LogP) is 3.38. The summed E-state index contributed by atoms with van der Waals surface area (Å²) in [5.41, 5.74) is 0.752. The number of sulfonamides is 1. The van der Waals surface area contributed by atoms with Crippen LogP contribution in [0.25, 0.3) is 33.2 Å². The molecule has 0 amide bonds. The Morgan fingerprint density at radius 1 is 1.15 bits per heavy atom. The van der Waals surface area contributed by atoms with E-state index in [1.54, 1.807) is 6.07 Å². The summed E-state index contributed by atoms with van der Waals surface area (Å²) < 4.78 is 42.6. The van der Waals surface area contributed by atoms with Crippen LogP contribution in [0.1, 0.15) is 0 Å². The average Bonchev–Trinajstić information content (AvgIpc) is 2.92. The number of nitrogens with two attached hydrogens (primary N) is 1. The third-order valence-electron chi connectivity index (χ3n) is 3.99. The van der Waals surface area contributed by atoms with Gasteiger partial charge in [-0.05, 0) is 35.9 Å². The van der Waals surface area contributed by atoms with E-state index in [0.717, 1.165) is 0 Å². The summed E-state index contributed by atoms with van der Waals surface area (Å²) in [5, 5.41) is 5.36. The van der Waals surface area contributed by atoms with Crippen LogP contribution < -0.4 is 10.7 Å². The number of rotatable bonds is 2. The fourth-order valence-corrected chi connectivity index (χ4v) is 3.64. The number of pyridine rings is 1. The number of hydrogen-bond donors (Lipinski definition) is 2. The van der Waals surface area contributed by atoms with Crippen LogP contribution in [0.15, 0.2) is 56.6 Å². The highest BCUT2D eigenvalue weighted by molar-refractivity contribution is 7.89. The molecule has 4 rings (SSSR count). The first kappa shape index (κ1) is 16.8. The second-order valence-electron chi connectivity index (χ2n) is 5.66. The summed E-state index contributed by atoms with van der Waals surface area (Å²) in [4.78, 5) is 14.7. The summed E-state index contributed by atoms with van der Waals surface area (Å²) >= 11 is 6.17. The molecule has 0 unspecified atom stereocenters. The summed E-state index contributed by atoms with van der Waals surface area (Å²) in [5.74, 6) is -0.492. The van der Waals surface area contributed by atoms with Crippen molar-refractivity contribution >= 4 is 43.7 Å². The number of aromatic amines is 1. The first-order valence-electron chi connectivity index (χ1n) is 7.32. The van der Waals surface area contributed by atoms with Gasteiger partial charge >= 0.3 is 0 Å². The van der Waals surface area contributed by atoms with Crippen LogP contribution in [0.3, 0.4) is 0 Å². The maximum atomic E-state index is 13.6. The van der Waals surface area contributed by atoms with E-state index >= 15 is 0 Å². The number of halogens is 2. The van der Waals surface area contributed by atoms with Crippen LogP contribution >= 0.6 is 11.6 Å². The Morgan fingerprint density at radius 3 is 2.65 bits per heavy atom. The summed E-state index contributed by atoms with van der Waals surface area (Å²) in [7, 11) is -3.95. The van der Waals surface area contributed by atoms with E-state index in [2.05, 4.69) is 4.98 Å². The molecule has 4 aromatic rings. The quantitative estimate of drug-likeness (QED) is 0.545. The third-order valence-corrected chi connectivity index (χ3v) is 5.26. The number of H-pyrrole nitrogens is 1. The van der Waals surface area contributed by atoms with Gasteiger partial charge in [0.1, 0.15) is 16.4 Å². The number of hydrogen-bond acceptors (Lipinski definition) is 4. The predicted molar refractivity (Wildman–Crippen MR) is 96.1 cm³/mol. The van der Waals surface area contributed by atoms with Gasteiger partial charge in [-0.15, -0.1) is 0 Å². The molecule has 0 aliphatic carbocycles. The molecule has 9 heteroatoms. The molecular formula is C17H10ClFN2O4S. The van der Waals surface area contributed by atoms with Gasteiger partial charge in [0.15, 0.2) is 5.58 Å². The monoisotopic (exact) mass is 392 g/mol. The van der Waals surface area contributed by atoms with Gasteiger partial charge in [0.05, 0.1) is 16.0 Å². The minimum atomic E-state index is -3.95. The van der Waals surface area contributed by atoms with Crippen LogP contribution in [-0.4, -0.2) is 13.4 Å². The number of nitrogens with one attached hydrogen (secondary N) is 1. The highest BCUT2D eigenvalue weighted by Gasteiger charge is 2.20. The van der Waals surface area contributed by atoms with Crippen molar-refractivity contribution in [3.8, 4) is 11.1 Å². The van der Waals surface area contributed by atoms with Gasteiger partial charge in [-0.25, -0.2) is 17.9 Å². The third kappa shape index (κ3) is 2.59. The Balaban J connectivity index is 2.14. The number of primary sulfonamides is 1. The van der Waals surface area contributed by atoms with E-state index in [-0.39, 0.29) is 26.6 Å². The molecule has 6 nitrogen and oxygen atoms in total. The zero-order valence-electron chi connectivity index (χ0n) is 12.9. The molecular weight excluding hydrogens is 383 g/mol. The van der Waals surface area contributed by atoms with E-state index < -0.39 is 21.4 Å². The van der Waals surface area contributed by atoms with Gasteiger partial charge in [-0.1, -0.05) is 23.7 Å². The number of aromatic nitrogens is 1. The van der Waals surface area contributed by atoms with Crippen LogP contribution in [0.5, 0.6) is 0 Å². The highest BCUT2D eigenvalue weighted by atomic mass is 35.5.